The van der Waals surface area contributed by atoms with Gasteiger partial charge in [-0.3, -0.25) is 0 Å². The van der Waals surface area contributed by atoms with Gasteiger partial charge in [0.25, 0.3) is 0 Å². The molecule has 7 nitrogen and oxygen atoms in total. The number of anilines is 1. The van der Waals surface area contributed by atoms with Crippen LogP contribution in [0.5, 0.6) is 0 Å². The predicted molar refractivity (Wildman–Crippen MR) is 186 cm³/mol. The average Bonchev–Trinajstić information content (AvgIpc) is 3.05. The largest absolute Gasteiger partial charge is 0.449 e. The normalized spacial score (nSPS) is 14.8. The van der Waals surface area contributed by atoms with Crippen LogP contribution in [0.25, 0.3) is 0 Å². The molecule has 0 saturated carbocycles. The summed E-state index contributed by atoms with van der Waals surface area (Å²) in [6, 6.07) is 10.4. The van der Waals surface area contributed by atoms with Crippen LogP contribution in [0.2, 0.25) is 0 Å². The summed E-state index contributed by atoms with van der Waals surface area (Å²) in [6.07, 6.45) is 26.0. The van der Waals surface area contributed by atoms with Crippen molar-refractivity contribution in [3.05, 3.63) is 30.3 Å². The Hall–Kier alpha value is -2.44. The zero-order chi connectivity index (χ0) is 31.5. The molecular weight excluding hydrogens is 548 g/mol. The van der Waals surface area contributed by atoms with E-state index in [0.717, 1.165) is 51.7 Å². The molecule has 1 aromatic carbocycles. The molecule has 252 valence electrons. The van der Waals surface area contributed by atoms with Gasteiger partial charge in [0, 0.05) is 51.4 Å². The first kappa shape index (κ1) is 37.7. The SMILES string of the molecule is CCCCCCCCCCCCCCCCCCNC(=O)N1CCCCC1CCOC(=O)NCCCN(C)c1ccccc1. The molecule has 1 heterocycles. The molecule has 0 spiro atoms. The summed E-state index contributed by atoms with van der Waals surface area (Å²) in [5, 5.41) is 6.00. The van der Waals surface area contributed by atoms with E-state index >= 15 is 0 Å². The topological polar surface area (TPSA) is 73.9 Å². The van der Waals surface area contributed by atoms with E-state index in [2.05, 4.69) is 41.6 Å². The Balaban J connectivity index is 1.42. The standard InChI is InChI=1S/C37H66N4O3/c1-3-4-5-6-7-8-9-10-11-12-13-14-15-16-17-22-29-38-36(42)41-32-23-21-27-35(41)28-33-44-37(43)39-30-24-31-40(2)34-25-19-18-20-26-34/h18-20,25-26,35H,3-17,21-24,27-33H2,1-2H3,(H,38,42)(H,39,43). The molecule has 0 radical (unpaired) electrons. The van der Waals surface area contributed by atoms with Crippen molar-refractivity contribution in [3.63, 3.8) is 0 Å². The number of rotatable bonds is 25. The Morgan fingerprint density at radius 1 is 0.773 bits per heavy atom. The summed E-state index contributed by atoms with van der Waals surface area (Å²) in [5.41, 5.74) is 1.17. The van der Waals surface area contributed by atoms with Crippen LogP contribution < -0.4 is 15.5 Å². The Morgan fingerprint density at radius 3 is 1.95 bits per heavy atom. The predicted octanol–water partition coefficient (Wildman–Crippen LogP) is 9.45. The lowest BCUT2D eigenvalue weighted by molar-refractivity contribution is 0.112. The third-order valence-corrected chi connectivity index (χ3v) is 9.02. The first-order valence-corrected chi connectivity index (χ1v) is 18.3. The van der Waals surface area contributed by atoms with Crippen LogP contribution in [-0.4, -0.2) is 62.9 Å². The second-order valence-corrected chi connectivity index (χ2v) is 12.8. The summed E-state index contributed by atoms with van der Waals surface area (Å²) in [4.78, 5) is 29.2. The van der Waals surface area contributed by atoms with Gasteiger partial charge in [-0.1, -0.05) is 121 Å². The van der Waals surface area contributed by atoms with Crippen molar-refractivity contribution in [1.82, 2.24) is 15.5 Å². The fraction of sp³-hybridized carbons (Fsp3) is 0.784. The number of alkyl carbamates (subject to hydrolysis) is 1. The number of hydrogen-bond acceptors (Lipinski definition) is 4. The van der Waals surface area contributed by atoms with Gasteiger partial charge in [0.15, 0.2) is 0 Å². The van der Waals surface area contributed by atoms with Gasteiger partial charge in [0.1, 0.15) is 0 Å². The average molecular weight is 615 g/mol. The molecule has 2 N–H and O–H groups in total. The number of unbranched alkanes of at least 4 members (excludes halogenated alkanes) is 15. The van der Waals surface area contributed by atoms with Crippen LogP contribution in [0.3, 0.4) is 0 Å². The molecule has 0 aromatic heterocycles. The number of carbonyl (C=O) groups is 2. The lowest BCUT2D eigenvalue weighted by Gasteiger charge is -2.35. The maximum absolute atomic E-state index is 12.9. The molecule has 1 atom stereocenters. The molecule has 1 fully saturated rings. The summed E-state index contributed by atoms with van der Waals surface area (Å²) in [6.45, 7) is 5.59. The number of carbonyl (C=O) groups excluding carboxylic acids is 2. The zero-order valence-corrected chi connectivity index (χ0v) is 28.5. The number of hydrogen-bond donors (Lipinski definition) is 2. The number of para-hydroxylation sites is 1. The maximum atomic E-state index is 12.9. The van der Waals surface area contributed by atoms with E-state index in [1.807, 2.05) is 23.1 Å². The van der Waals surface area contributed by atoms with Gasteiger partial charge in [0.2, 0.25) is 0 Å². The number of urea groups is 1. The number of benzene rings is 1. The van der Waals surface area contributed by atoms with E-state index in [1.54, 1.807) is 0 Å². The Labute approximate surface area is 270 Å². The van der Waals surface area contributed by atoms with Crippen LogP contribution in [0.15, 0.2) is 30.3 Å². The van der Waals surface area contributed by atoms with Crippen LogP contribution in [-0.2, 0) is 4.74 Å². The maximum Gasteiger partial charge on any atom is 0.407 e. The minimum absolute atomic E-state index is 0.0441. The van der Waals surface area contributed by atoms with Gasteiger partial charge in [-0.15, -0.1) is 0 Å². The van der Waals surface area contributed by atoms with E-state index in [1.165, 1.54) is 102 Å². The third-order valence-electron chi connectivity index (χ3n) is 9.02. The fourth-order valence-corrected chi connectivity index (χ4v) is 6.19. The Bertz CT molecular complexity index is 837. The molecule has 1 aliphatic heterocycles. The first-order chi connectivity index (χ1) is 21.6. The van der Waals surface area contributed by atoms with Crippen LogP contribution >= 0.6 is 0 Å². The van der Waals surface area contributed by atoms with Crippen LogP contribution in [0.1, 0.15) is 142 Å². The molecule has 0 aliphatic carbocycles. The highest BCUT2D eigenvalue weighted by molar-refractivity contribution is 5.74. The Morgan fingerprint density at radius 2 is 1.34 bits per heavy atom. The van der Waals surface area contributed by atoms with Crippen molar-refractivity contribution in [1.29, 1.82) is 0 Å². The van der Waals surface area contributed by atoms with Crippen molar-refractivity contribution in [2.75, 3.05) is 44.7 Å². The minimum Gasteiger partial charge on any atom is -0.449 e. The van der Waals surface area contributed by atoms with E-state index < -0.39 is 0 Å². The summed E-state index contributed by atoms with van der Waals surface area (Å²) in [5.74, 6) is 0. The highest BCUT2D eigenvalue weighted by atomic mass is 16.5. The summed E-state index contributed by atoms with van der Waals surface area (Å²) < 4.78 is 5.44. The van der Waals surface area contributed by atoms with Gasteiger partial charge in [-0.25, -0.2) is 9.59 Å². The second kappa shape index (κ2) is 25.8. The number of likely N-dealkylation sites (tertiary alicyclic amines) is 1. The number of amides is 3. The second-order valence-electron chi connectivity index (χ2n) is 12.8. The van der Waals surface area contributed by atoms with Crippen LogP contribution in [0.4, 0.5) is 15.3 Å². The van der Waals surface area contributed by atoms with Gasteiger partial charge >= 0.3 is 12.1 Å². The van der Waals surface area contributed by atoms with Gasteiger partial charge in [0.05, 0.1) is 6.61 Å². The molecule has 1 unspecified atom stereocenters. The molecule has 1 aromatic rings. The molecule has 44 heavy (non-hydrogen) atoms. The van der Waals surface area contributed by atoms with E-state index in [9.17, 15) is 9.59 Å². The van der Waals surface area contributed by atoms with Crippen molar-refractivity contribution in [2.24, 2.45) is 0 Å². The molecule has 2 rings (SSSR count). The quantitative estimate of drug-likeness (QED) is 0.108. The molecule has 1 saturated heterocycles. The minimum atomic E-state index is -0.373. The summed E-state index contributed by atoms with van der Waals surface area (Å²) in [7, 11) is 2.06. The van der Waals surface area contributed by atoms with Gasteiger partial charge in [-0.2, -0.15) is 0 Å². The lowest BCUT2D eigenvalue weighted by atomic mass is 10.00. The van der Waals surface area contributed by atoms with E-state index in [0.29, 0.717) is 19.6 Å². The number of nitrogens with one attached hydrogen (secondary N) is 2. The highest BCUT2D eigenvalue weighted by Gasteiger charge is 2.26. The van der Waals surface area contributed by atoms with Crippen molar-refractivity contribution >= 4 is 17.8 Å². The zero-order valence-electron chi connectivity index (χ0n) is 28.5. The van der Waals surface area contributed by atoms with Crippen molar-refractivity contribution in [3.8, 4) is 0 Å². The number of nitrogens with zero attached hydrogens (tertiary/aromatic N) is 2. The number of piperidine rings is 1. The third kappa shape index (κ3) is 18.4. The fourth-order valence-electron chi connectivity index (χ4n) is 6.19. The van der Waals surface area contributed by atoms with Crippen molar-refractivity contribution < 1.29 is 14.3 Å². The van der Waals surface area contributed by atoms with E-state index in [-0.39, 0.29) is 18.2 Å². The molecule has 3 amide bonds. The smallest absolute Gasteiger partial charge is 0.407 e. The first-order valence-electron chi connectivity index (χ1n) is 18.3. The van der Waals surface area contributed by atoms with Gasteiger partial charge < -0.3 is 25.2 Å². The van der Waals surface area contributed by atoms with Gasteiger partial charge in [-0.05, 0) is 44.2 Å². The molecule has 0 bridgehead atoms. The Kier molecular flexibility index (Phi) is 22.2. The van der Waals surface area contributed by atoms with Crippen LogP contribution in [0, 0.1) is 0 Å². The lowest BCUT2D eigenvalue weighted by Crippen LogP contribution is -2.49. The molecule has 7 heteroatoms. The van der Waals surface area contributed by atoms with Crippen molar-refractivity contribution in [2.45, 2.75) is 148 Å². The number of ether oxygens (including phenoxy) is 1. The monoisotopic (exact) mass is 615 g/mol. The molecule has 1 aliphatic rings. The highest BCUT2D eigenvalue weighted by Crippen LogP contribution is 2.20. The molecular formula is C37H66N4O3. The van der Waals surface area contributed by atoms with E-state index in [4.69, 9.17) is 4.74 Å². The summed E-state index contributed by atoms with van der Waals surface area (Å²) >= 11 is 0.